The minimum Gasteiger partial charge on any atom is -0.373 e. The summed E-state index contributed by atoms with van der Waals surface area (Å²) in [6, 6.07) is 0. The van der Waals surface area contributed by atoms with Crippen molar-refractivity contribution in [3.05, 3.63) is 17.6 Å². The predicted molar refractivity (Wildman–Crippen MR) is 41.3 cm³/mol. The monoisotopic (exact) mass is 173 g/mol. The molecule has 0 amide bonds. The van der Waals surface area contributed by atoms with Crippen LogP contribution in [0.2, 0.25) is 0 Å². The van der Waals surface area contributed by atoms with Crippen molar-refractivity contribution in [2.24, 2.45) is 0 Å². The van der Waals surface area contributed by atoms with Gasteiger partial charge in [0.2, 0.25) is 0 Å². The molecule has 66 valence electrons. The zero-order chi connectivity index (χ0) is 9.14. The average Bonchev–Trinajstić information content (AvgIpc) is 2.04. The van der Waals surface area contributed by atoms with Gasteiger partial charge in [-0.25, -0.2) is 18.7 Å². The van der Waals surface area contributed by atoms with Crippen LogP contribution in [-0.2, 0) is 0 Å². The van der Waals surface area contributed by atoms with E-state index in [2.05, 4.69) is 15.3 Å². The lowest BCUT2D eigenvalue weighted by Crippen LogP contribution is -2.02. The maximum Gasteiger partial charge on any atom is 0.280 e. The van der Waals surface area contributed by atoms with E-state index in [1.807, 2.05) is 0 Å². The molecule has 0 aliphatic heterocycles. The highest BCUT2D eigenvalue weighted by Crippen LogP contribution is 2.22. The lowest BCUT2D eigenvalue weighted by Gasteiger charge is -2.06. The summed E-state index contributed by atoms with van der Waals surface area (Å²) in [7, 11) is 1.63. The Hall–Kier alpha value is -1.26. The second-order valence-electron chi connectivity index (χ2n) is 2.28. The topological polar surface area (TPSA) is 37.8 Å². The largest absolute Gasteiger partial charge is 0.373 e. The highest BCUT2D eigenvalue weighted by atomic mass is 19.3. The Labute approximate surface area is 68.8 Å². The molecule has 5 heteroatoms. The molecular weight excluding hydrogens is 164 g/mol. The number of alkyl halides is 2. The Balaban J connectivity index is 3.14. The molecule has 1 aromatic heterocycles. The third-order valence-electron chi connectivity index (χ3n) is 1.57. The third-order valence-corrected chi connectivity index (χ3v) is 1.57. The zero-order valence-corrected chi connectivity index (χ0v) is 6.81. The van der Waals surface area contributed by atoms with Gasteiger partial charge in [0.25, 0.3) is 6.43 Å². The highest BCUT2D eigenvalue weighted by Gasteiger charge is 2.14. The molecule has 0 unspecified atom stereocenters. The lowest BCUT2D eigenvalue weighted by atomic mass is 10.2. The molecule has 0 bridgehead atoms. The van der Waals surface area contributed by atoms with E-state index < -0.39 is 6.43 Å². The number of nitrogens with zero attached hydrogens (tertiary/aromatic N) is 2. The van der Waals surface area contributed by atoms with Crippen LogP contribution in [0.15, 0.2) is 6.33 Å². The first-order chi connectivity index (χ1) is 5.66. The molecule has 12 heavy (non-hydrogen) atoms. The van der Waals surface area contributed by atoms with E-state index >= 15 is 0 Å². The molecule has 0 spiro atoms. The maximum atomic E-state index is 12.2. The van der Waals surface area contributed by atoms with Crippen LogP contribution in [-0.4, -0.2) is 17.0 Å². The number of hydrogen-bond donors (Lipinski definition) is 1. The standard InChI is InChI=1S/C7H9F2N3/c1-4-5(6(8)9)11-3-12-7(4)10-2/h3,6H,1-2H3,(H,10,11,12). The first kappa shape index (κ1) is 8.83. The predicted octanol–water partition coefficient (Wildman–Crippen LogP) is 1.76. The van der Waals surface area contributed by atoms with Crippen molar-refractivity contribution in [3.63, 3.8) is 0 Å². The molecule has 3 nitrogen and oxygen atoms in total. The lowest BCUT2D eigenvalue weighted by molar-refractivity contribution is 0.145. The van der Waals surface area contributed by atoms with Gasteiger partial charge in [-0.2, -0.15) is 0 Å². The van der Waals surface area contributed by atoms with Crippen LogP contribution >= 0.6 is 0 Å². The summed E-state index contributed by atoms with van der Waals surface area (Å²) < 4.78 is 24.5. The van der Waals surface area contributed by atoms with Gasteiger partial charge in [0.05, 0.1) is 0 Å². The van der Waals surface area contributed by atoms with Crippen molar-refractivity contribution < 1.29 is 8.78 Å². The van der Waals surface area contributed by atoms with Crippen LogP contribution < -0.4 is 5.32 Å². The smallest absolute Gasteiger partial charge is 0.280 e. The van der Waals surface area contributed by atoms with Crippen molar-refractivity contribution in [2.45, 2.75) is 13.3 Å². The van der Waals surface area contributed by atoms with Gasteiger partial charge in [-0.05, 0) is 6.92 Å². The van der Waals surface area contributed by atoms with Gasteiger partial charge in [-0.15, -0.1) is 0 Å². The fourth-order valence-electron chi connectivity index (χ4n) is 0.936. The summed E-state index contributed by atoms with van der Waals surface area (Å²) in [6.45, 7) is 1.56. The molecule has 0 radical (unpaired) electrons. The van der Waals surface area contributed by atoms with Gasteiger partial charge in [0.1, 0.15) is 17.8 Å². The SMILES string of the molecule is CNc1ncnc(C(F)F)c1C. The van der Waals surface area contributed by atoms with Gasteiger partial charge in [0, 0.05) is 12.6 Å². The Morgan fingerprint density at radius 3 is 2.58 bits per heavy atom. The third kappa shape index (κ3) is 1.49. The fraction of sp³-hybridized carbons (Fsp3) is 0.429. The Kier molecular flexibility index (Phi) is 2.52. The Morgan fingerprint density at radius 2 is 2.08 bits per heavy atom. The zero-order valence-electron chi connectivity index (χ0n) is 6.81. The summed E-state index contributed by atoms with van der Waals surface area (Å²) in [5.41, 5.74) is 0.185. The fourth-order valence-corrected chi connectivity index (χ4v) is 0.936. The summed E-state index contributed by atoms with van der Waals surface area (Å²) in [5.74, 6) is 0.445. The first-order valence-electron chi connectivity index (χ1n) is 3.44. The number of aromatic nitrogens is 2. The van der Waals surface area contributed by atoms with E-state index in [1.54, 1.807) is 14.0 Å². The molecule has 0 aliphatic carbocycles. The highest BCUT2D eigenvalue weighted by molar-refractivity contribution is 5.44. The van der Waals surface area contributed by atoms with Crippen LogP contribution in [0.25, 0.3) is 0 Å². The average molecular weight is 173 g/mol. The van der Waals surface area contributed by atoms with Gasteiger partial charge >= 0.3 is 0 Å². The van der Waals surface area contributed by atoms with Gasteiger partial charge in [0.15, 0.2) is 0 Å². The number of nitrogens with one attached hydrogen (secondary N) is 1. The molecule has 0 saturated carbocycles. The van der Waals surface area contributed by atoms with Crippen LogP contribution in [0.3, 0.4) is 0 Å². The number of anilines is 1. The van der Waals surface area contributed by atoms with Crippen LogP contribution in [0.5, 0.6) is 0 Å². The number of hydrogen-bond acceptors (Lipinski definition) is 3. The van der Waals surface area contributed by atoms with E-state index in [4.69, 9.17) is 0 Å². The second-order valence-corrected chi connectivity index (χ2v) is 2.28. The van der Waals surface area contributed by atoms with E-state index in [-0.39, 0.29) is 5.69 Å². The van der Waals surface area contributed by atoms with E-state index in [1.165, 1.54) is 0 Å². The quantitative estimate of drug-likeness (QED) is 0.740. The van der Waals surface area contributed by atoms with Crippen molar-refractivity contribution in [1.29, 1.82) is 0 Å². The van der Waals surface area contributed by atoms with Gasteiger partial charge in [-0.1, -0.05) is 0 Å². The molecule has 1 heterocycles. The van der Waals surface area contributed by atoms with E-state index in [0.29, 0.717) is 11.4 Å². The van der Waals surface area contributed by atoms with Crippen LogP contribution in [0.1, 0.15) is 17.7 Å². The van der Waals surface area contributed by atoms with E-state index in [0.717, 1.165) is 6.33 Å². The summed E-state index contributed by atoms with van der Waals surface area (Å²) >= 11 is 0. The van der Waals surface area contributed by atoms with Gasteiger partial charge in [-0.3, -0.25) is 0 Å². The minimum absolute atomic E-state index is 0.214. The first-order valence-corrected chi connectivity index (χ1v) is 3.44. The number of halogens is 2. The summed E-state index contributed by atoms with van der Waals surface area (Å²) in [5, 5.41) is 2.71. The Bertz CT molecular complexity index is 275. The molecule has 0 aromatic carbocycles. The normalized spacial score (nSPS) is 10.4. The van der Waals surface area contributed by atoms with Gasteiger partial charge < -0.3 is 5.32 Å². The van der Waals surface area contributed by atoms with E-state index in [9.17, 15) is 8.78 Å². The molecule has 1 N–H and O–H groups in total. The van der Waals surface area contributed by atoms with Crippen molar-refractivity contribution in [1.82, 2.24) is 9.97 Å². The van der Waals surface area contributed by atoms with Crippen molar-refractivity contribution in [3.8, 4) is 0 Å². The molecular formula is C7H9F2N3. The summed E-state index contributed by atoms with van der Waals surface area (Å²) in [6.07, 6.45) is -1.42. The second kappa shape index (κ2) is 3.42. The maximum absolute atomic E-state index is 12.2. The number of rotatable bonds is 2. The molecule has 0 aliphatic rings. The van der Waals surface area contributed by atoms with Crippen LogP contribution in [0.4, 0.5) is 14.6 Å². The Morgan fingerprint density at radius 1 is 1.42 bits per heavy atom. The van der Waals surface area contributed by atoms with Crippen LogP contribution in [0, 0.1) is 6.92 Å². The molecule has 0 fully saturated rings. The molecule has 0 atom stereocenters. The minimum atomic E-state index is -2.54. The molecule has 0 saturated heterocycles. The van der Waals surface area contributed by atoms with Crippen molar-refractivity contribution >= 4 is 5.82 Å². The summed E-state index contributed by atoms with van der Waals surface area (Å²) in [4.78, 5) is 7.27. The molecule has 1 rings (SSSR count). The van der Waals surface area contributed by atoms with Crippen molar-refractivity contribution in [2.75, 3.05) is 12.4 Å². The molecule has 1 aromatic rings.